The van der Waals surface area contributed by atoms with Gasteiger partial charge >= 0.3 is 5.97 Å². The lowest BCUT2D eigenvalue weighted by atomic mass is 9.97. The van der Waals surface area contributed by atoms with Crippen LogP contribution in [-0.2, 0) is 4.79 Å². The molecule has 114 valence electrons. The van der Waals surface area contributed by atoms with Crippen molar-refractivity contribution in [3.8, 4) is 0 Å². The van der Waals surface area contributed by atoms with Gasteiger partial charge in [-0.3, -0.25) is 4.79 Å². The average molecular weight is 308 g/mol. The maximum absolute atomic E-state index is 11.0. The molecule has 2 fully saturated rings. The maximum atomic E-state index is 11.0. The molecule has 1 N–H and O–H groups in total. The van der Waals surface area contributed by atoms with Gasteiger partial charge in [0.1, 0.15) is 5.82 Å². The normalized spacial score (nSPS) is 20.6. The second kappa shape index (κ2) is 6.51. The van der Waals surface area contributed by atoms with Crippen LogP contribution in [0.25, 0.3) is 0 Å². The number of rotatable bonds is 3. The van der Waals surface area contributed by atoms with E-state index in [4.69, 9.17) is 5.11 Å². The molecule has 6 nitrogen and oxygen atoms in total. The predicted octanol–water partition coefficient (Wildman–Crippen LogP) is 1.33. The number of hydrogen-bond acceptors (Lipinski definition) is 6. The van der Waals surface area contributed by atoms with E-state index in [1.54, 1.807) is 0 Å². The summed E-state index contributed by atoms with van der Waals surface area (Å²) >= 11 is 1.98. The van der Waals surface area contributed by atoms with Gasteiger partial charge in [-0.05, 0) is 18.9 Å². The zero-order chi connectivity index (χ0) is 14.7. The van der Waals surface area contributed by atoms with Crippen molar-refractivity contribution < 1.29 is 9.90 Å². The lowest BCUT2D eigenvalue weighted by Gasteiger charge is -2.31. The van der Waals surface area contributed by atoms with Crippen molar-refractivity contribution in [1.29, 1.82) is 0 Å². The minimum Gasteiger partial charge on any atom is -0.481 e. The highest BCUT2D eigenvalue weighted by atomic mass is 32.2. The number of thioether (sulfide) groups is 1. The number of nitrogens with zero attached hydrogens (tertiary/aromatic N) is 4. The first-order valence-electron chi connectivity index (χ1n) is 7.37. The minimum atomic E-state index is -0.685. The Balaban J connectivity index is 1.67. The number of aromatic nitrogens is 2. The topological polar surface area (TPSA) is 69.6 Å². The summed E-state index contributed by atoms with van der Waals surface area (Å²) in [7, 11) is 0. The highest BCUT2D eigenvalue weighted by molar-refractivity contribution is 7.99. The number of carbonyl (C=O) groups is 1. The average Bonchev–Trinajstić information content (AvgIpc) is 2.56. The smallest absolute Gasteiger partial charge is 0.306 e. The lowest BCUT2D eigenvalue weighted by molar-refractivity contribution is -0.142. The van der Waals surface area contributed by atoms with Gasteiger partial charge in [0.25, 0.3) is 0 Å². The summed E-state index contributed by atoms with van der Waals surface area (Å²) in [5.74, 6) is 3.10. The van der Waals surface area contributed by atoms with Gasteiger partial charge in [0.05, 0.1) is 5.92 Å². The molecular weight excluding hydrogens is 288 g/mol. The molecular formula is C14H20N4O2S. The molecule has 0 aromatic carbocycles. The van der Waals surface area contributed by atoms with Crippen LogP contribution in [-0.4, -0.2) is 58.7 Å². The fourth-order valence-corrected chi connectivity index (χ4v) is 3.69. The summed E-state index contributed by atoms with van der Waals surface area (Å²) in [5.41, 5.74) is 0. The fraction of sp³-hybridized carbons (Fsp3) is 0.643. The molecule has 0 amide bonds. The van der Waals surface area contributed by atoms with Crippen LogP contribution in [0.1, 0.15) is 12.8 Å². The van der Waals surface area contributed by atoms with E-state index in [1.165, 1.54) is 0 Å². The summed E-state index contributed by atoms with van der Waals surface area (Å²) in [5, 5.41) is 9.05. The summed E-state index contributed by atoms with van der Waals surface area (Å²) in [4.78, 5) is 24.4. The monoisotopic (exact) mass is 308 g/mol. The zero-order valence-corrected chi connectivity index (χ0v) is 12.8. The predicted molar refractivity (Wildman–Crippen MR) is 84.1 cm³/mol. The Labute approximate surface area is 128 Å². The first-order valence-corrected chi connectivity index (χ1v) is 8.53. The summed E-state index contributed by atoms with van der Waals surface area (Å²) in [6.45, 7) is 3.50. The van der Waals surface area contributed by atoms with Crippen LogP contribution in [0, 0.1) is 5.92 Å². The lowest BCUT2D eigenvalue weighted by Crippen LogP contribution is -2.38. The first-order chi connectivity index (χ1) is 10.2. The third-order valence-corrected chi connectivity index (χ3v) is 5.03. The fourth-order valence-electron chi connectivity index (χ4n) is 2.79. The van der Waals surface area contributed by atoms with E-state index in [2.05, 4.69) is 19.8 Å². The van der Waals surface area contributed by atoms with Gasteiger partial charge in [0.15, 0.2) is 0 Å². The second-order valence-corrected chi connectivity index (χ2v) is 6.64. The van der Waals surface area contributed by atoms with Crippen LogP contribution < -0.4 is 9.80 Å². The molecule has 3 heterocycles. The Morgan fingerprint density at radius 1 is 1.19 bits per heavy atom. The van der Waals surface area contributed by atoms with Crippen molar-refractivity contribution in [2.75, 3.05) is 47.5 Å². The highest BCUT2D eigenvalue weighted by Gasteiger charge is 2.26. The molecule has 0 radical (unpaired) electrons. The van der Waals surface area contributed by atoms with Crippen LogP contribution in [0.5, 0.6) is 0 Å². The van der Waals surface area contributed by atoms with Gasteiger partial charge < -0.3 is 14.9 Å². The zero-order valence-electron chi connectivity index (χ0n) is 11.9. The SMILES string of the molecule is O=C(O)C1CCN(c2nccc(N3CCSCC3)n2)CC1. The molecule has 0 unspecified atom stereocenters. The quantitative estimate of drug-likeness (QED) is 0.903. The summed E-state index contributed by atoms with van der Waals surface area (Å²) < 4.78 is 0. The Morgan fingerprint density at radius 2 is 1.90 bits per heavy atom. The summed E-state index contributed by atoms with van der Waals surface area (Å²) in [6, 6.07) is 1.96. The van der Waals surface area contributed by atoms with E-state index in [0.29, 0.717) is 12.8 Å². The number of piperidine rings is 1. The van der Waals surface area contributed by atoms with E-state index in [9.17, 15) is 4.79 Å². The molecule has 0 spiro atoms. The first kappa shape index (κ1) is 14.4. The van der Waals surface area contributed by atoms with Crippen molar-refractivity contribution in [1.82, 2.24) is 9.97 Å². The van der Waals surface area contributed by atoms with Gasteiger partial charge in [-0.2, -0.15) is 16.7 Å². The molecule has 0 saturated carbocycles. The van der Waals surface area contributed by atoms with Crippen molar-refractivity contribution >= 4 is 29.5 Å². The molecule has 1 aromatic rings. The number of carboxylic acid groups (broad SMARTS) is 1. The molecule has 21 heavy (non-hydrogen) atoms. The van der Waals surface area contributed by atoms with Gasteiger partial charge in [-0.15, -0.1) is 0 Å². The highest BCUT2D eigenvalue weighted by Crippen LogP contribution is 2.23. The molecule has 7 heteroatoms. The van der Waals surface area contributed by atoms with Crippen molar-refractivity contribution in [2.45, 2.75) is 12.8 Å². The molecule has 0 bridgehead atoms. The van der Waals surface area contributed by atoms with Crippen molar-refractivity contribution in [2.24, 2.45) is 5.92 Å². The Bertz CT molecular complexity index is 500. The van der Waals surface area contributed by atoms with Gasteiger partial charge in [0, 0.05) is 43.9 Å². The standard InChI is InChI=1S/C14H20N4O2S/c19-13(20)11-2-5-18(6-3-11)14-15-4-1-12(16-14)17-7-9-21-10-8-17/h1,4,11H,2-3,5-10H2,(H,19,20). The number of aliphatic carboxylic acids is 1. The van der Waals surface area contributed by atoms with Crippen LogP contribution in [0.4, 0.5) is 11.8 Å². The van der Waals surface area contributed by atoms with E-state index < -0.39 is 5.97 Å². The largest absolute Gasteiger partial charge is 0.481 e. The van der Waals surface area contributed by atoms with E-state index >= 15 is 0 Å². The summed E-state index contributed by atoms with van der Waals surface area (Å²) in [6.07, 6.45) is 3.15. The van der Waals surface area contributed by atoms with Crippen LogP contribution >= 0.6 is 11.8 Å². The Morgan fingerprint density at radius 3 is 2.57 bits per heavy atom. The molecule has 2 aliphatic heterocycles. The van der Waals surface area contributed by atoms with Crippen LogP contribution in [0.2, 0.25) is 0 Å². The number of carboxylic acids is 1. The molecule has 3 rings (SSSR count). The molecule has 0 aliphatic carbocycles. The van der Waals surface area contributed by atoms with Gasteiger partial charge in [-0.25, -0.2) is 4.98 Å². The van der Waals surface area contributed by atoms with E-state index in [1.807, 2.05) is 24.0 Å². The maximum Gasteiger partial charge on any atom is 0.306 e. The van der Waals surface area contributed by atoms with Crippen LogP contribution in [0.3, 0.4) is 0 Å². The minimum absolute atomic E-state index is 0.219. The van der Waals surface area contributed by atoms with E-state index in [0.717, 1.165) is 49.5 Å². The molecule has 2 saturated heterocycles. The molecule has 0 atom stereocenters. The molecule has 1 aromatic heterocycles. The third kappa shape index (κ3) is 3.40. The second-order valence-electron chi connectivity index (χ2n) is 5.41. The Hall–Kier alpha value is -1.50. The van der Waals surface area contributed by atoms with Gasteiger partial charge in [-0.1, -0.05) is 0 Å². The van der Waals surface area contributed by atoms with Crippen molar-refractivity contribution in [3.63, 3.8) is 0 Å². The number of hydrogen-bond donors (Lipinski definition) is 1. The van der Waals surface area contributed by atoms with Crippen molar-refractivity contribution in [3.05, 3.63) is 12.3 Å². The Kier molecular flexibility index (Phi) is 4.48. The molecule has 2 aliphatic rings. The van der Waals surface area contributed by atoms with Crippen LogP contribution in [0.15, 0.2) is 12.3 Å². The third-order valence-electron chi connectivity index (χ3n) is 4.09. The van der Waals surface area contributed by atoms with Gasteiger partial charge in [0.2, 0.25) is 5.95 Å². The van der Waals surface area contributed by atoms with E-state index in [-0.39, 0.29) is 5.92 Å². The number of anilines is 2.